The molecule has 4 nitrogen and oxygen atoms in total. The maximum Gasteiger partial charge on any atom is 0.137 e. The number of rotatable bonds is 10. The highest BCUT2D eigenvalue weighted by Crippen LogP contribution is 2.39. The molecule has 0 bridgehead atoms. The summed E-state index contributed by atoms with van der Waals surface area (Å²) >= 11 is 0. The molecule has 0 aliphatic carbocycles. The average molecular weight is 571 g/mol. The Morgan fingerprint density at radius 2 is 0.857 bits per heavy atom. The van der Waals surface area contributed by atoms with E-state index >= 15 is 0 Å². The first-order valence-corrected chi connectivity index (χ1v) is 15.8. The fourth-order valence-electron chi connectivity index (χ4n) is 5.37. The molecular formula is C38H58N4. The molecule has 0 aliphatic rings. The normalized spacial score (nSPS) is 13.9. The van der Waals surface area contributed by atoms with Crippen molar-refractivity contribution in [1.82, 2.24) is 19.9 Å². The molecule has 0 radical (unpaired) electrons. The minimum absolute atomic E-state index is 0.0224. The zero-order valence-corrected chi connectivity index (χ0v) is 29.2. The van der Waals surface area contributed by atoms with Crippen LogP contribution in [0.5, 0.6) is 0 Å². The lowest BCUT2D eigenvalue weighted by molar-refractivity contribution is 0.357. The predicted molar refractivity (Wildman–Crippen MR) is 178 cm³/mol. The summed E-state index contributed by atoms with van der Waals surface area (Å²) in [6.07, 6.45) is 7.98. The molecule has 0 saturated heterocycles. The smallest absolute Gasteiger partial charge is 0.137 e. The second kappa shape index (κ2) is 11.8. The molecule has 0 spiro atoms. The molecule has 3 aromatic rings. The molecule has 0 fully saturated rings. The zero-order valence-electron chi connectivity index (χ0n) is 29.2. The van der Waals surface area contributed by atoms with Gasteiger partial charge in [-0.3, -0.25) is 4.98 Å². The second-order valence-corrected chi connectivity index (χ2v) is 17.2. The summed E-state index contributed by atoms with van der Waals surface area (Å²) in [4.78, 5) is 18.8. The summed E-state index contributed by atoms with van der Waals surface area (Å²) in [5, 5.41) is 0. The summed E-state index contributed by atoms with van der Waals surface area (Å²) in [6.45, 7) is 31.8. The molecule has 2 heterocycles. The molecule has 4 heteroatoms. The Hall–Kier alpha value is -2.62. The lowest BCUT2D eigenvalue weighted by Gasteiger charge is -2.33. The van der Waals surface area contributed by atoms with E-state index in [4.69, 9.17) is 9.97 Å². The van der Waals surface area contributed by atoms with Crippen molar-refractivity contribution in [2.45, 2.75) is 155 Å². The van der Waals surface area contributed by atoms with Crippen LogP contribution < -0.4 is 0 Å². The van der Waals surface area contributed by atoms with Crippen LogP contribution in [0.4, 0.5) is 0 Å². The van der Waals surface area contributed by atoms with Crippen molar-refractivity contribution >= 4 is 0 Å². The standard InChI is InChI=1S/C38H58N4/c1-33(2,3)29-19-20-30(39-25-29)37(11,12)23-21-35(7,8)27-15-17-28(18-16-27)36(9,10)22-24-38(13,14)32-41-26-40-31(42-32)34(4,5)6/h15-20,25-26H,21-24H2,1-14H3. The Morgan fingerprint density at radius 3 is 1.29 bits per heavy atom. The minimum Gasteiger partial charge on any atom is -0.260 e. The van der Waals surface area contributed by atoms with Gasteiger partial charge in [0.1, 0.15) is 18.0 Å². The van der Waals surface area contributed by atoms with Gasteiger partial charge in [-0.25, -0.2) is 15.0 Å². The Balaban J connectivity index is 1.67. The fraction of sp³-hybridized carbons (Fsp3) is 0.632. The van der Waals surface area contributed by atoms with Crippen molar-refractivity contribution in [3.05, 3.63) is 83.0 Å². The Morgan fingerprint density at radius 1 is 0.429 bits per heavy atom. The van der Waals surface area contributed by atoms with E-state index in [9.17, 15) is 0 Å². The van der Waals surface area contributed by atoms with Gasteiger partial charge in [-0.05, 0) is 64.7 Å². The van der Waals surface area contributed by atoms with Crippen LogP contribution in [-0.2, 0) is 32.5 Å². The van der Waals surface area contributed by atoms with E-state index in [0.717, 1.165) is 37.3 Å². The summed E-state index contributed by atoms with van der Waals surface area (Å²) in [6, 6.07) is 13.9. The van der Waals surface area contributed by atoms with Crippen molar-refractivity contribution in [2.75, 3.05) is 0 Å². The molecule has 0 amide bonds. The molecule has 3 rings (SSSR count). The maximum absolute atomic E-state index is 4.89. The fourth-order valence-corrected chi connectivity index (χ4v) is 5.37. The minimum atomic E-state index is -0.128. The molecule has 0 atom stereocenters. The Labute approximate surface area is 257 Å². The number of hydrogen-bond acceptors (Lipinski definition) is 4. The Kier molecular flexibility index (Phi) is 9.53. The molecular weight excluding hydrogens is 512 g/mol. The molecule has 230 valence electrons. The van der Waals surface area contributed by atoms with Gasteiger partial charge >= 0.3 is 0 Å². The Bertz CT molecular complexity index is 1320. The third kappa shape index (κ3) is 8.26. The summed E-state index contributed by atoms with van der Waals surface area (Å²) in [7, 11) is 0. The van der Waals surface area contributed by atoms with Gasteiger partial charge in [0, 0.05) is 28.1 Å². The third-order valence-electron chi connectivity index (χ3n) is 9.37. The van der Waals surface area contributed by atoms with Crippen LogP contribution >= 0.6 is 0 Å². The van der Waals surface area contributed by atoms with E-state index in [1.54, 1.807) is 6.33 Å². The molecule has 0 N–H and O–H groups in total. The molecule has 0 saturated carbocycles. The van der Waals surface area contributed by atoms with Crippen LogP contribution in [0.15, 0.2) is 48.9 Å². The molecule has 2 aromatic heterocycles. The van der Waals surface area contributed by atoms with E-state index in [1.807, 2.05) is 0 Å². The van der Waals surface area contributed by atoms with Gasteiger partial charge in [0.2, 0.25) is 0 Å². The van der Waals surface area contributed by atoms with Crippen LogP contribution in [0.2, 0.25) is 0 Å². The third-order valence-corrected chi connectivity index (χ3v) is 9.37. The highest BCUT2D eigenvalue weighted by Gasteiger charge is 2.32. The maximum atomic E-state index is 4.89. The van der Waals surface area contributed by atoms with Crippen molar-refractivity contribution in [1.29, 1.82) is 0 Å². The molecule has 0 unspecified atom stereocenters. The number of aromatic nitrogens is 4. The van der Waals surface area contributed by atoms with Gasteiger partial charge in [0.05, 0.1) is 0 Å². The van der Waals surface area contributed by atoms with Gasteiger partial charge < -0.3 is 0 Å². The SMILES string of the molecule is CC(C)(C)c1ccc(C(C)(C)CCC(C)(C)c2ccc(C(C)(C)CCC(C)(C)c3ncnc(C(C)(C)C)n3)cc2)nc1. The second-order valence-electron chi connectivity index (χ2n) is 17.2. The van der Waals surface area contributed by atoms with Crippen molar-refractivity contribution < 1.29 is 0 Å². The molecule has 1 aromatic carbocycles. The van der Waals surface area contributed by atoms with Crippen molar-refractivity contribution in [3.63, 3.8) is 0 Å². The molecule has 42 heavy (non-hydrogen) atoms. The first-order valence-electron chi connectivity index (χ1n) is 15.8. The van der Waals surface area contributed by atoms with E-state index in [2.05, 4.69) is 149 Å². The van der Waals surface area contributed by atoms with Gasteiger partial charge in [0.15, 0.2) is 0 Å². The van der Waals surface area contributed by atoms with E-state index in [-0.39, 0.29) is 32.5 Å². The number of pyridine rings is 1. The number of hydrogen-bond donors (Lipinski definition) is 0. The van der Waals surface area contributed by atoms with E-state index in [0.29, 0.717) is 0 Å². The summed E-state index contributed by atoms with van der Waals surface area (Å²) in [5.41, 5.74) is 5.30. The summed E-state index contributed by atoms with van der Waals surface area (Å²) in [5.74, 6) is 1.75. The lowest BCUT2D eigenvalue weighted by atomic mass is 9.72. The number of benzene rings is 1. The predicted octanol–water partition coefficient (Wildman–Crippen LogP) is 9.93. The van der Waals surface area contributed by atoms with Crippen LogP contribution in [-0.4, -0.2) is 19.9 Å². The monoisotopic (exact) mass is 570 g/mol. The first kappa shape index (κ1) is 33.9. The topological polar surface area (TPSA) is 51.6 Å². The average Bonchev–Trinajstić information content (AvgIpc) is 2.90. The number of nitrogens with zero attached hydrogens (tertiary/aromatic N) is 4. The summed E-state index contributed by atoms with van der Waals surface area (Å²) < 4.78 is 0. The van der Waals surface area contributed by atoms with E-state index in [1.165, 1.54) is 22.4 Å². The lowest BCUT2D eigenvalue weighted by Crippen LogP contribution is -2.28. The quantitative estimate of drug-likeness (QED) is 0.243. The van der Waals surface area contributed by atoms with Crippen molar-refractivity contribution in [2.24, 2.45) is 0 Å². The van der Waals surface area contributed by atoms with Gasteiger partial charge in [-0.1, -0.05) is 127 Å². The zero-order chi connectivity index (χ0) is 31.8. The van der Waals surface area contributed by atoms with Gasteiger partial charge in [-0.15, -0.1) is 0 Å². The highest BCUT2D eigenvalue weighted by atomic mass is 15.0. The van der Waals surface area contributed by atoms with Gasteiger partial charge in [0.25, 0.3) is 0 Å². The van der Waals surface area contributed by atoms with Crippen LogP contribution in [0.1, 0.15) is 157 Å². The molecule has 0 aliphatic heterocycles. The first-order chi connectivity index (χ1) is 19.0. The van der Waals surface area contributed by atoms with Gasteiger partial charge in [-0.2, -0.15) is 0 Å². The highest BCUT2D eigenvalue weighted by molar-refractivity contribution is 5.32. The largest absolute Gasteiger partial charge is 0.260 e. The van der Waals surface area contributed by atoms with Crippen LogP contribution in [0.3, 0.4) is 0 Å². The van der Waals surface area contributed by atoms with Crippen molar-refractivity contribution in [3.8, 4) is 0 Å². The van der Waals surface area contributed by atoms with Crippen LogP contribution in [0.25, 0.3) is 0 Å². The van der Waals surface area contributed by atoms with E-state index < -0.39 is 0 Å². The van der Waals surface area contributed by atoms with Crippen LogP contribution in [0, 0.1) is 0 Å².